The van der Waals surface area contributed by atoms with E-state index in [0.29, 0.717) is 17.2 Å². The summed E-state index contributed by atoms with van der Waals surface area (Å²) in [5.41, 5.74) is 0. The highest BCUT2D eigenvalue weighted by Gasteiger charge is 2.15. The quantitative estimate of drug-likeness (QED) is 0.814. The van der Waals surface area contributed by atoms with Gasteiger partial charge >= 0.3 is 0 Å². The summed E-state index contributed by atoms with van der Waals surface area (Å²) in [4.78, 5) is 0.00183. The first-order valence-corrected chi connectivity index (χ1v) is 8.31. The van der Waals surface area contributed by atoms with Crippen molar-refractivity contribution in [1.82, 2.24) is 4.72 Å². The van der Waals surface area contributed by atoms with Crippen molar-refractivity contribution in [3.63, 3.8) is 0 Å². The zero-order chi connectivity index (χ0) is 16.3. The molecule has 0 aromatic heterocycles. The van der Waals surface area contributed by atoms with Crippen molar-refractivity contribution < 1.29 is 27.0 Å². The van der Waals surface area contributed by atoms with E-state index < -0.39 is 15.8 Å². The highest BCUT2D eigenvalue weighted by Crippen LogP contribution is 2.34. The Labute approximate surface area is 132 Å². The molecule has 1 N–H and O–H groups in total. The molecule has 0 saturated carbocycles. The Balaban J connectivity index is 1.52. The summed E-state index contributed by atoms with van der Waals surface area (Å²) < 4.78 is 55.0. The van der Waals surface area contributed by atoms with E-state index in [9.17, 15) is 12.8 Å². The molecule has 0 aliphatic carbocycles. The van der Waals surface area contributed by atoms with E-state index >= 15 is 0 Å². The summed E-state index contributed by atoms with van der Waals surface area (Å²) in [6.45, 7) is 0.393. The molecule has 1 aliphatic rings. The van der Waals surface area contributed by atoms with Gasteiger partial charge in [-0.2, -0.15) is 0 Å². The lowest BCUT2D eigenvalue weighted by Gasteiger charge is -2.09. The lowest BCUT2D eigenvalue weighted by atomic mass is 10.3. The second kappa shape index (κ2) is 6.43. The Morgan fingerprint density at radius 3 is 2.61 bits per heavy atom. The molecule has 0 spiro atoms. The number of hydrogen-bond donors (Lipinski definition) is 1. The normalized spacial score (nSPS) is 13.1. The number of ether oxygens (including phenoxy) is 3. The molecule has 122 valence electrons. The van der Waals surface area contributed by atoms with Gasteiger partial charge in [0.25, 0.3) is 0 Å². The molecular weight excluding hydrogens is 325 g/mol. The number of hydrogen-bond acceptors (Lipinski definition) is 5. The Hall–Kier alpha value is -2.32. The molecule has 3 rings (SSSR count). The molecule has 8 heteroatoms. The van der Waals surface area contributed by atoms with Gasteiger partial charge in [-0.3, -0.25) is 0 Å². The van der Waals surface area contributed by atoms with Gasteiger partial charge in [-0.25, -0.2) is 17.5 Å². The highest BCUT2D eigenvalue weighted by atomic mass is 32.2. The van der Waals surface area contributed by atoms with Gasteiger partial charge < -0.3 is 14.2 Å². The van der Waals surface area contributed by atoms with Crippen LogP contribution in [0.5, 0.6) is 17.2 Å². The van der Waals surface area contributed by atoms with Crippen LogP contribution in [0.4, 0.5) is 4.39 Å². The molecule has 0 radical (unpaired) electrons. The Kier molecular flexibility index (Phi) is 4.35. The van der Waals surface area contributed by atoms with Gasteiger partial charge in [0.1, 0.15) is 18.2 Å². The first-order valence-electron chi connectivity index (χ1n) is 6.82. The predicted octanol–water partition coefficient (Wildman–Crippen LogP) is 1.91. The Morgan fingerprint density at radius 1 is 1.09 bits per heavy atom. The van der Waals surface area contributed by atoms with Crippen LogP contribution < -0.4 is 18.9 Å². The zero-order valence-electron chi connectivity index (χ0n) is 12.0. The van der Waals surface area contributed by atoms with Crippen LogP contribution in [0, 0.1) is 5.82 Å². The van der Waals surface area contributed by atoms with E-state index in [2.05, 4.69) is 4.72 Å². The van der Waals surface area contributed by atoms with Crippen LogP contribution in [0.25, 0.3) is 0 Å². The monoisotopic (exact) mass is 339 g/mol. The standard InChI is InChI=1S/C15H14FNO5S/c16-11-1-4-13(5-2-11)23(18,19)17-7-8-20-12-3-6-14-15(9-12)22-10-21-14/h1-6,9,17H,7-8,10H2. The summed E-state index contributed by atoms with van der Waals surface area (Å²) in [5.74, 6) is 1.30. The molecule has 1 aliphatic heterocycles. The van der Waals surface area contributed by atoms with Crippen molar-refractivity contribution in [2.75, 3.05) is 19.9 Å². The van der Waals surface area contributed by atoms with Crippen LogP contribution in [0.1, 0.15) is 0 Å². The first kappa shape index (κ1) is 15.6. The average molecular weight is 339 g/mol. The van der Waals surface area contributed by atoms with Gasteiger partial charge in [-0.15, -0.1) is 0 Å². The fourth-order valence-corrected chi connectivity index (χ4v) is 3.02. The fraction of sp³-hybridized carbons (Fsp3) is 0.200. The third-order valence-corrected chi connectivity index (χ3v) is 4.61. The minimum absolute atomic E-state index is 0.00183. The maximum absolute atomic E-state index is 12.8. The van der Waals surface area contributed by atoms with Gasteiger partial charge in [0.05, 0.1) is 4.90 Å². The minimum Gasteiger partial charge on any atom is -0.492 e. The van der Waals surface area contributed by atoms with Crippen molar-refractivity contribution in [3.05, 3.63) is 48.3 Å². The number of fused-ring (bicyclic) bond motifs is 1. The molecule has 2 aromatic rings. The second-order valence-electron chi connectivity index (χ2n) is 4.72. The molecule has 0 fully saturated rings. The molecule has 2 aromatic carbocycles. The molecular formula is C15H14FNO5S. The molecule has 0 atom stereocenters. The minimum atomic E-state index is -3.68. The van der Waals surface area contributed by atoms with Crippen LogP contribution in [-0.4, -0.2) is 28.4 Å². The first-order chi connectivity index (χ1) is 11.0. The van der Waals surface area contributed by atoms with Crippen LogP contribution in [-0.2, 0) is 10.0 Å². The lowest BCUT2D eigenvalue weighted by molar-refractivity contribution is 0.173. The zero-order valence-corrected chi connectivity index (χ0v) is 12.8. The molecule has 0 bridgehead atoms. The summed E-state index contributed by atoms with van der Waals surface area (Å²) in [5, 5.41) is 0. The summed E-state index contributed by atoms with van der Waals surface area (Å²) in [6.07, 6.45) is 0. The predicted molar refractivity (Wildman–Crippen MR) is 79.6 cm³/mol. The van der Waals surface area contributed by atoms with Gasteiger partial charge in [0.2, 0.25) is 16.8 Å². The van der Waals surface area contributed by atoms with Crippen LogP contribution in [0.2, 0.25) is 0 Å². The van der Waals surface area contributed by atoms with E-state index in [-0.39, 0.29) is 24.8 Å². The van der Waals surface area contributed by atoms with Gasteiger partial charge in [0.15, 0.2) is 11.5 Å². The van der Waals surface area contributed by atoms with Gasteiger partial charge in [0, 0.05) is 12.6 Å². The van der Waals surface area contributed by atoms with Crippen molar-refractivity contribution in [3.8, 4) is 17.2 Å². The molecule has 6 nitrogen and oxygen atoms in total. The fourth-order valence-electron chi connectivity index (χ4n) is 2.01. The largest absolute Gasteiger partial charge is 0.492 e. The average Bonchev–Trinajstić information content (AvgIpc) is 3.00. The maximum Gasteiger partial charge on any atom is 0.240 e. The topological polar surface area (TPSA) is 73.9 Å². The van der Waals surface area contributed by atoms with E-state index in [0.717, 1.165) is 12.1 Å². The van der Waals surface area contributed by atoms with Crippen molar-refractivity contribution in [1.29, 1.82) is 0 Å². The summed E-state index contributed by atoms with van der Waals surface area (Å²) in [7, 11) is -3.68. The number of nitrogens with one attached hydrogen (secondary N) is 1. The van der Waals surface area contributed by atoms with Crippen LogP contribution in [0.15, 0.2) is 47.4 Å². The third-order valence-electron chi connectivity index (χ3n) is 3.13. The summed E-state index contributed by atoms with van der Waals surface area (Å²) >= 11 is 0. The van der Waals surface area contributed by atoms with Crippen molar-refractivity contribution >= 4 is 10.0 Å². The number of rotatable bonds is 6. The summed E-state index contributed by atoms with van der Waals surface area (Å²) in [6, 6.07) is 9.71. The molecule has 0 saturated heterocycles. The molecule has 0 unspecified atom stereocenters. The highest BCUT2D eigenvalue weighted by molar-refractivity contribution is 7.89. The van der Waals surface area contributed by atoms with Crippen molar-refractivity contribution in [2.24, 2.45) is 0 Å². The van der Waals surface area contributed by atoms with Gasteiger partial charge in [-0.05, 0) is 36.4 Å². The molecule has 0 amide bonds. The maximum atomic E-state index is 12.8. The van der Waals surface area contributed by atoms with E-state index in [1.807, 2.05) is 0 Å². The molecule has 23 heavy (non-hydrogen) atoms. The number of halogens is 1. The Morgan fingerprint density at radius 2 is 1.83 bits per heavy atom. The third kappa shape index (κ3) is 3.72. The van der Waals surface area contributed by atoms with E-state index in [1.165, 1.54) is 12.1 Å². The van der Waals surface area contributed by atoms with E-state index in [1.54, 1.807) is 18.2 Å². The SMILES string of the molecule is O=S(=O)(NCCOc1ccc2c(c1)OCO2)c1ccc(F)cc1. The Bertz CT molecular complexity index is 792. The molecule has 1 heterocycles. The van der Waals surface area contributed by atoms with Crippen LogP contribution >= 0.6 is 0 Å². The second-order valence-corrected chi connectivity index (χ2v) is 6.48. The van der Waals surface area contributed by atoms with Gasteiger partial charge in [-0.1, -0.05) is 0 Å². The number of sulfonamides is 1. The van der Waals surface area contributed by atoms with Crippen molar-refractivity contribution in [2.45, 2.75) is 4.90 Å². The van der Waals surface area contributed by atoms with E-state index in [4.69, 9.17) is 14.2 Å². The lowest BCUT2D eigenvalue weighted by Crippen LogP contribution is -2.28. The smallest absolute Gasteiger partial charge is 0.240 e. The number of benzene rings is 2. The van der Waals surface area contributed by atoms with Crippen LogP contribution in [0.3, 0.4) is 0 Å².